The monoisotopic (exact) mass is 684 g/mol. The number of likely N-dealkylation sites (N-methyl/N-ethyl adjacent to an activating group) is 1. The van der Waals surface area contributed by atoms with Crippen LogP contribution in [0.3, 0.4) is 0 Å². The van der Waals surface area contributed by atoms with Crippen LogP contribution in [0.4, 0.5) is 0 Å². The predicted octanol–water partition coefficient (Wildman–Crippen LogP) is -0.135. The van der Waals surface area contributed by atoms with Crippen molar-refractivity contribution in [3.8, 4) is 5.75 Å². The third-order valence-corrected chi connectivity index (χ3v) is 8.58. The molecule has 4 rings (SSSR count). The molecule has 2 aliphatic heterocycles. The van der Waals surface area contributed by atoms with Gasteiger partial charge in [-0.1, -0.05) is 55.8 Å². The van der Waals surface area contributed by atoms with E-state index in [9.17, 15) is 33.9 Å². The predicted molar refractivity (Wildman–Crippen MR) is 175 cm³/mol. The molecule has 0 saturated carbocycles. The van der Waals surface area contributed by atoms with Crippen LogP contribution >= 0.6 is 11.6 Å². The SMILES string of the molecule is COc1cc(Cl)ccc1C(=O)N[C@H]1C[C@H]2C(=O)N[C@@H](CO)C(=O)N(C)CC(=O)N[C@H](C(C)C)C(=O)N[C@@H](Cc3ccccc3)C(=O)N2C1. The maximum atomic E-state index is 14.4. The Bertz CT molecular complexity index is 1540. The summed E-state index contributed by atoms with van der Waals surface area (Å²) in [4.78, 5) is 83.6. The number of carbonyl (C=O) groups excluding carboxylic acids is 6. The van der Waals surface area contributed by atoms with Gasteiger partial charge in [-0.3, -0.25) is 28.8 Å². The number of nitrogens with zero attached hydrogens (tertiary/aromatic N) is 2. The number of aliphatic hydroxyl groups excluding tert-OH is 1. The maximum absolute atomic E-state index is 14.4. The molecular weight excluding hydrogens is 644 g/mol. The highest BCUT2D eigenvalue weighted by Crippen LogP contribution is 2.25. The minimum Gasteiger partial charge on any atom is -0.496 e. The lowest BCUT2D eigenvalue weighted by Crippen LogP contribution is -2.58. The summed E-state index contributed by atoms with van der Waals surface area (Å²) < 4.78 is 5.31. The summed E-state index contributed by atoms with van der Waals surface area (Å²) in [5.74, 6) is -4.07. The standard InChI is InChI=1S/C33H41ClN6O8/c1-18(2)28-31(45)36-23(12-19-8-6-5-7-9-19)33(47)40-15-21(35-29(43)22-11-10-20(34)13-26(22)48-4)14-25(40)30(44)37-24(17-41)32(46)39(3)16-27(42)38-28/h5-11,13,18,21,23-25,28,41H,12,14-17H2,1-4H3,(H,35,43)(H,36,45)(H,37,44)(H,38,42)/t21-,23-,24-,25-,28+/m0/s1. The second kappa shape index (κ2) is 15.9. The molecule has 2 aromatic rings. The smallest absolute Gasteiger partial charge is 0.255 e. The first kappa shape index (κ1) is 36.2. The molecule has 6 amide bonds. The zero-order chi connectivity index (χ0) is 35.1. The van der Waals surface area contributed by atoms with E-state index in [4.69, 9.17) is 16.3 Å². The molecule has 0 unspecified atom stereocenters. The maximum Gasteiger partial charge on any atom is 0.255 e. The highest BCUT2D eigenvalue weighted by Gasteiger charge is 2.44. The van der Waals surface area contributed by atoms with Crippen molar-refractivity contribution in [1.29, 1.82) is 0 Å². The molecule has 0 bridgehead atoms. The first-order valence-electron chi connectivity index (χ1n) is 15.6. The molecule has 258 valence electrons. The molecule has 15 heteroatoms. The molecule has 2 aromatic carbocycles. The highest BCUT2D eigenvalue weighted by atomic mass is 35.5. The molecule has 5 N–H and O–H groups in total. The van der Waals surface area contributed by atoms with Gasteiger partial charge < -0.3 is 40.9 Å². The summed E-state index contributed by atoms with van der Waals surface area (Å²) in [5, 5.41) is 21.2. The van der Waals surface area contributed by atoms with Crippen molar-refractivity contribution in [2.75, 3.05) is 33.9 Å². The van der Waals surface area contributed by atoms with Crippen LogP contribution in [0.1, 0.15) is 36.2 Å². The third kappa shape index (κ3) is 8.61. The second-order valence-electron chi connectivity index (χ2n) is 12.2. The quantitative estimate of drug-likeness (QED) is 0.267. The lowest BCUT2D eigenvalue weighted by molar-refractivity contribution is -0.143. The van der Waals surface area contributed by atoms with Crippen LogP contribution in [-0.4, -0.2) is 114 Å². The molecule has 0 radical (unpaired) electrons. The van der Waals surface area contributed by atoms with Crippen LogP contribution in [0.2, 0.25) is 5.02 Å². The Hall–Kier alpha value is -4.69. The summed E-state index contributed by atoms with van der Waals surface area (Å²) in [7, 11) is 2.72. The van der Waals surface area contributed by atoms with E-state index in [-0.39, 0.29) is 30.7 Å². The number of hydrogen-bond donors (Lipinski definition) is 5. The van der Waals surface area contributed by atoms with Crippen molar-refractivity contribution in [2.24, 2.45) is 5.92 Å². The van der Waals surface area contributed by atoms with Crippen LogP contribution in [-0.2, 0) is 30.4 Å². The van der Waals surface area contributed by atoms with E-state index in [0.717, 1.165) is 10.5 Å². The number of ether oxygens (including phenoxy) is 1. The Morgan fingerprint density at radius 1 is 1.00 bits per heavy atom. The van der Waals surface area contributed by atoms with Gasteiger partial charge in [-0.15, -0.1) is 0 Å². The van der Waals surface area contributed by atoms with Gasteiger partial charge in [-0.25, -0.2) is 0 Å². The number of aliphatic hydroxyl groups is 1. The van der Waals surface area contributed by atoms with E-state index in [0.29, 0.717) is 5.02 Å². The summed E-state index contributed by atoms with van der Waals surface area (Å²) in [5.41, 5.74) is 0.916. The Morgan fingerprint density at radius 2 is 1.69 bits per heavy atom. The van der Waals surface area contributed by atoms with Crippen LogP contribution in [0, 0.1) is 5.92 Å². The molecule has 2 fully saturated rings. The zero-order valence-corrected chi connectivity index (χ0v) is 28.0. The van der Waals surface area contributed by atoms with Crippen molar-refractivity contribution in [3.63, 3.8) is 0 Å². The van der Waals surface area contributed by atoms with E-state index >= 15 is 0 Å². The normalized spacial score (nSPS) is 24.2. The molecular formula is C33H41ClN6O8. The fraction of sp³-hybridized carbons (Fsp3) is 0.455. The fourth-order valence-electron chi connectivity index (χ4n) is 5.83. The van der Waals surface area contributed by atoms with E-state index in [1.807, 2.05) is 6.07 Å². The highest BCUT2D eigenvalue weighted by molar-refractivity contribution is 6.30. The number of methoxy groups -OCH3 is 1. The van der Waals surface area contributed by atoms with Gasteiger partial charge in [0.1, 0.15) is 29.9 Å². The molecule has 0 aliphatic carbocycles. The Kier molecular flexibility index (Phi) is 12.0. The third-order valence-electron chi connectivity index (χ3n) is 8.35. The van der Waals surface area contributed by atoms with Crippen molar-refractivity contribution in [1.82, 2.24) is 31.1 Å². The van der Waals surface area contributed by atoms with Crippen LogP contribution < -0.4 is 26.0 Å². The van der Waals surface area contributed by atoms with Gasteiger partial charge in [-0.05, 0) is 36.1 Å². The number of nitrogens with one attached hydrogen (secondary N) is 4. The lowest BCUT2D eigenvalue weighted by Gasteiger charge is -2.30. The van der Waals surface area contributed by atoms with Crippen LogP contribution in [0.5, 0.6) is 5.75 Å². The molecule has 2 heterocycles. The van der Waals surface area contributed by atoms with Crippen LogP contribution in [0.25, 0.3) is 0 Å². The van der Waals surface area contributed by atoms with Gasteiger partial charge >= 0.3 is 0 Å². The molecule has 48 heavy (non-hydrogen) atoms. The number of amides is 6. The van der Waals surface area contributed by atoms with Gasteiger partial charge in [-0.2, -0.15) is 0 Å². The van der Waals surface area contributed by atoms with E-state index in [2.05, 4.69) is 21.3 Å². The summed E-state index contributed by atoms with van der Waals surface area (Å²) in [6.45, 7) is 2.11. The number of carbonyl (C=O) groups is 6. The molecule has 0 aromatic heterocycles. The van der Waals surface area contributed by atoms with Gasteiger partial charge in [0.2, 0.25) is 29.5 Å². The number of rotatable bonds is 7. The van der Waals surface area contributed by atoms with Gasteiger partial charge in [0.05, 0.1) is 25.8 Å². The minimum absolute atomic E-state index is 0.0396. The average molecular weight is 685 g/mol. The van der Waals surface area contributed by atoms with E-state index < -0.39 is 84.7 Å². The average Bonchev–Trinajstić information content (AvgIpc) is 3.48. The molecule has 2 aliphatic rings. The van der Waals surface area contributed by atoms with Gasteiger partial charge in [0.25, 0.3) is 5.91 Å². The van der Waals surface area contributed by atoms with Crippen LogP contribution in [0.15, 0.2) is 48.5 Å². The Labute approximate surface area is 283 Å². The number of fused-ring (bicyclic) bond motifs is 1. The molecule has 0 spiro atoms. The number of hydrogen-bond acceptors (Lipinski definition) is 8. The minimum atomic E-state index is -1.43. The fourth-order valence-corrected chi connectivity index (χ4v) is 5.99. The van der Waals surface area contributed by atoms with E-state index in [1.165, 1.54) is 37.3 Å². The number of benzene rings is 2. The largest absolute Gasteiger partial charge is 0.496 e. The Morgan fingerprint density at radius 3 is 2.33 bits per heavy atom. The lowest BCUT2D eigenvalue weighted by atomic mass is 10.0. The van der Waals surface area contributed by atoms with Crippen molar-refractivity contribution in [2.45, 2.75) is 56.9 Å². The summed E-state index contributed by atoms with van der Waals surface area (Å²) >= 11 is 6.06. The molecule has 5 atom stereocenters. The first-order valence-corrected chi connectivity index (χ1v) is 15.9. The summed E-state index contributed by atoms with van der Waals surface area (Å²) in [6, 6.07) is 7.92. The first-order chi connectivity index (χ1) is 22.8. The molecule has 14 nitrogen and oxygen atoms in total. The zero-order valence-electron chi connectivity index (χ0n) is 27.2. The van der Waals surface area contributed by atoms with Gasteiger partial charge in [0, 0.05) is 31.1 Å². The topological polar surface area (TPSA) is 186 Å². The second-order valence-corrected chi connectivity index (χ2v) is 12.7. The van der Waals surface area contributed by atoms with Gasteiger partial charge in [0.15, 0.2) is 0 Å². The summed E-state index contributed by atoms with van der Waals surface area (Å²) in [6.07, 6.45) is 0.0244. The Balaban J connectivity index is 1.72. The van der Waals surface area contributed by atoms with E-state index in [1.54, 1.807) is 38.1 Å². The molecule has 2 saturated heterocycles. The van der Waals surface area contributed by atoms with Crippen molar-refractivity contribution >= 4 is 47.0 Å². The van der Waals surface area contributed by atoms with Crippen molar-refractivity contribution < 1.29 is 38.6 Å². The number of halogens is 1. The van der Waals surface area contributed by atoms with Crippen molar-refractivity contribution in [3.05, 3.63) is 64.7 Å².